The largest absolute Gasteiger partial charge is 0.309 e. The van der Waals surface area contributed by atoms with E-state index >= 15 is 0 Å². The first kappa shape index (κ1) is 9.34. The Hall–Kier alpha value is -0.890. The molecule has 3 rings (SSSR count). The molecule has 2 aliphatic rings. The summed E-state index contributed by atoms with van der Waals surface area (Å²) in [6.45, 7) is 1.17. The Bertz CT molecular complexity index is 344. The number of hydrogen-bond acceptors (Lipinski definition) is 2. The lowest BCUT2D eigenvalue weighted by Gasteiger charge is -2.12. The second-order valence-corrected chi connectivity index (χ2v) is 4.83. The summed E-state index contributed by atoms with van der Waals surface area (Å²) in [5, 5.41) is 3.65. The predicted octanol–water partition coefficient (Wildman–Crippen LogP) is 2.46. The van der Waals surface area contributed by atoms with Gasteiger partial charge in [-0.2, -0.15) is 0 Å². The van der Waals surface area contributed by atoms with E-state index < -0.39 is 0 Å². The third-order valence-corrected chi connectivity index (χ3v) is 3.60. The van der Waals surface area contributed by atoms with Crippen LogP contribution in [0.2, 0.25) is 0 Å². The summed E-state index contributed by atoms with van der Waals surface area (Å²) < 4.78 is 0. The topological polar surface area (TPSA) is 24.9 Å². The second kappa shape index (κ2) is 3.93. The fraction of sp³-hybridized carbons (Fsp3) is 0.615. The summed E-state index contributed by atoms with van der Waals surface area (Å²) in [4.78, 5) is 4.49. The Morgan fingerprint density at radius 2 is 2.27 bits per heavy atom. The molecule has 0 bridgehead atoms. The molecule has 2 heteroatoms. The average Bonchev–Trinajstić information content (AvgIpc) is 3.00. The molecule has 0 spiro atoms. The highest BCUT2D eigenvalue weighted by Crippen LogP contribution is 2.33. The van der Waals surface area contributed by atoms with Crippen molar-refractivity contribution < 1.29 is 0 Å². The van der Waals surface area contributed by atoms with E-state index in [2.05, 4.69) is 16.4 Å². The van der Waals surface area contributed by atoms with E-state index in [-0.39, 0.29) is 0 Å². The van der Waals surface area contributed by atoms with Crippen LogP contribution in [0.3, 0.4) is 0 Å². The van der Waals surface area contributed by atoms with Crippen LogP contribution in [-0.2, 0) is 6.42 Å². The lowest BCUT2D eigenvalue weighted by molar-refractivity contribution is 0.500. The van der Waals surface area contributed by atoms with Gasteiger partial charge in [-0.25, -0.2) is 0 Å². The molecule has 1 fully saturated rings. The average molecular weight is 202 g/mol. The number of fused-ring (bicyclic) bond motifs is 1. The van der Waals surface area contributed by atoms with Crippen LogP contribution in [0.5, 0.6) is 0 Å². The predicted molar refractivity (Wildman–Crippen MR) is 60.6 cm³/mol. The van der Waals surface area contributed by atoms with E-state index in [0.29, 0.717) is 6.04 Å². The molecule has 80 valence electrons. The highest BCUT2D eigenvalue weighted by atomic mass is 14.9. The normalized spacial score (nSPS) is 24.1. The van der Waals surface area contributed by atoms with Crippen LogP contribution in [0.4, 0.5) is 0 Å². The summed E-state index contributed by atoms with van der Waals surface area (Å²) in [5.41, 5.74) is 2.75. The monoisotopic (exact) mass is 202 g/mol. The van der Waals surface area contributed by atoms with Gasteiger partial charge in [0.25, 0.3) is 0 Å². The van der Waals surface area contributed by atoms with Gasteiger partial charge in [0.15, 0.2) is 0 Å². The van der Waals surface area contributed by atoms with Crippen LogP contribution >= 0.6 is 0 Å². The molecule has 0 aromatic carbocycles. The minimum absolute atomic E-state index is 0.528. The van der Waals surface area contributed by atoms with Crippen LogP contribution < -0.4 is 5.32 Å². The van der Waals surface area contributed by atoms with Gasteiger partial charge in [-0.15, -0.1) is 0 Å². The third kappa shape index (κ3) is 2.05. The molecule has 1 N–H and O–H groups in total. The van der Waals surface area contributed by atoms with Crippen molar-refractivity contribution in [2.45, 2.75) is 38.1 Å². The molecule has 0 amide bonds. The number of nitrogens with one attached hydrogen (secondary N) is 1. The maximum absolute atomic E-state index is 4.49. The van der Waals surface area contributed by atoms with Crippen molar-refractivity contribution in [1.29, 1.82) is 0 Å². The number of aryl methyl sites for hydroxylation is 1. The van der Waals surface area contributed by atoms with Gasteiger partial charge < -0.3 is 5.32 Å². The van der Waals surface area contributed by atoms with Gasteiger partial charge in [0.1, 0.15) is 0 Å². The van der Waals surface area contributed by atoms with Gasteiger partial charge in [0.2, 0.25) is 0 Å². The van der Waals surface area contributed by atoms with E-state index in [9.17, 15) is 0 Å². The molecular formula is C13H18N2. The van der Waals surface area contributed by atoms with Crippen LogP contribution in [0.15, 0.2) is 18.3 Å². The zero-order valence-electron chi connectivity index (χ0n) is 9.08. The van der Waals surface area contributed by atoms with Gasteiger partial charge in [0.05, 0.1) is 11.7 Å². The van der Waals surface area contributed by atoms with Gasteiger partial charge in [0, 0.05) is 6.20 Å². The van der Waals surface area contributed by atoms with Gasteiger partial charge >= 0.3 is 0 Å². The summed E-state index contributed by atoms with van der Waals surface area (Å²) in [6.07, 6.45) is 8.63. The minimum atomic E-state index is 0.528. The van der Waals surface area contributed by atoms with Crippen LogP contribution in [-0.4, -0.2) is 11.5 Å². The quantitative estimate of drug-likeness (QED) is 0.811. The Balaban J connectivity index is 1.58. The van der Waals surface area contributed by atoms with Crippen molar-refractivity contribution in [3.63, 3.8) is 0 Å². The Morgan fingerprint density at radius 3 is 3.13 bits per heavy atom. The van der Waals surface area contributed by atoms with Crippen molar-refractivity contribution in [2.24, 2.45) is 5.92 Å². The number of nitrogens with zero attached hydrogens (tertiary/aromatic N) is 1. The fourth-order valence-electron chi connectivity index (χ4n) is 2.48. The van der Waals surface area contributed by atoms with Crippen molar-refractivity contribution in [3.8, 4) is 0 Å². The standard InChI is InChI=1S/C13H18N2/c1-2-11-5-6-12(13(11)15-8-1)14-9-7-10-3-4-10/h1-2,8,10,12,14H,3-7,9H2. The minimum Gasteiger partial charge on any atom is -0.309 e. The van der Waals surface area contributed by atoms with Gasteiger partial charge in [-0.05, 0) is 43.4 Å². The van der Waals surface area contributed by atoms with Crippen molar-refractivity contribution in [3.05, 3.63) is 29.6 Å². The number of pyridine rings is 1. The molecule has 1 saturated carbocycles. The number of aromatic nitrogens is 1. The molecule has 1 aromatic heterocycles. The molecule has 2 nitrogen and oxygen atoms in total. The third-order valence-electron chi connectivity index (χ3n) is 3.60. The highest BCUT2D eigenvalue weighted by molar-refractivity contribution is 5.27. The maximum atomic E-state index is 4.49. The fourth-order valence-corrected chi connectivity index (χ4v) is 2.48. The highest BCUT2D eigenvalue weighted by Gasteiger charge is 2.24. The summed E-state index contributed by atoms with van der Waals surface area (Å²) in [7, 11) is 0. The van der Waals surface area contributed by atoms with Crippen LogP contribution in [0.1, 0.15) is 43.0 Å². The number of hydrogen-bond donors (Lipinski definition) is 1. The molecule has 15 heavy (non-hydrogen) atoms. The Morgan fingerprint density at radius 1 is 1.33 bits per heavy atom. The van der Waals surface area contributed by atoms with Gasteiger partial charge in [-0.1, -0.05) is 18.9 Å². The second-order valence-electron chi connectivity index (χ2n) is 4.83. The van der Waals surface area contributed by atoms with E-state index in [1.54, 1.807) is 0 Å². The smallest absolute Gasteiger partial charge is 0.0605 e. The molecule has 1 unspecified atom stereocenters. The molecule has 1 aromatic rings. The van der Waals surface area contributed by atoms with Crippen LogP contribution in [0.25, 0.3) is 0 Å². The van der Waals surface area contributed by atoms with Crippen molar-refractivity contribution in [1.82, 2.24) is 10.3 Å². The van der Waals surface area contributed by atoms with E-state index in [0.717, 1.165) is 5.92 Å². The Kier molecular flexibility index (Phi) is 2.45. The zero-order valence-corrected chi connectivity index (χ0v) is 9.08. The molecule has 0 aliphatic heterocycles. The lowest BCUT2D eigenvalue weighted by atomic mass is 10.2. The molecule has 1 atom stereocenters. The maximum Gasteiger partial charge on any atom is 0.0605 e. The number of rotatable bonds is 4. The van der Waals surface area contributed by atoms with Crippen LogP contribution in [0, 0.1) is 5.92 Å². The van der Waals surface area contributed by atoms with E-state index in [4.69, 9.17) is 0 Å². The van der Waals surface area contributed by atoms with Crippen molar-refractivity contribution in [2.75, 3.05) is 6.54 Å². The molecule has 0 saturated heterocycles. The SMILES string of the molecule is c1cnc2c(c1)CCC2NCCC1CC1. The molecular weight excluding hydrogens is 184 g/mol. The molecule has 1 heterocycles. The van der Waals surface area contributed by atoms with Gasteiger partial charge in [-0.3, -0.25) is 4.98 Å². The molecule has 2 aliphatic carbocycles. The first-order valence-electron chi connectivity index (χ1n) is 6.10. The lowest BCUT2D eigenvalue weighted by Crippen LogP contribution is -2.21. The zero-order chi connectivity index (χ0) is 10.1. The summed E-state index contributed by atoms with van der Waals surface area (Å²) in [6, 6.07) is 4.79. The summed E-state index contributed by atoms with van der Waals surface area (Å²) in [5.74, 6) is 1.03. The Labute approximate surface area is 91.1 Å². The first-order valence-corrected chi connectivity index (χ1v) is 6.10. The van der Waals surface area contributed by atoms with E-state index in [1.807, 2.05) is 12.3 Å². The van der Waals surface area contributed by atoms with Crippen molar-refractivity contribution >= 4 is 0 Å². The van der Waals surface area contributed by atoms with E-state index in [1.165, 1.54) is 49.9 Å². The molecule has 0 radical (unpaired) electrons. The first-order chi connectivity index (χ1) is 7.43. The summed E-state index contributed by atoms with van der Waals surface area (Å²) >= 11 is 0.